The number of benzene rings is 3. The Morgan fingerprint density at radius 2 is 1.24 bits per heavy atom. The predicted molar refractivity (Wildman–Crippen MR) is 134 cm³/mol. The average molecular weight is 452 g/mol. The van der Waals surface area contributed by atoms with E-state index in [9.17, 15) is 0 Å². The van der Waals surface area contributed by atoms with E-state index in [1.54, 1.807) is 12.1 Å². The molecule has 1 aliphatic heterocycles. The summed E-state index contributed by atoms with van der Waals surface area (Å²) in [6.45, 7) is 8.00. The van der Waals surface area contributed by atoms with Gasteiger partial charge < -0.3 is 9.31 Å². The third-order valence-corrected chi connectivity index (χ3v) is 6.62. The van der Waals surface area contributed by atoms with Gasteiger partial charge in [-0.25, -0.2) is 14.4 Å². The van der Waals surface area contributed by atoms with Crippen molar-refractivity contribution < 1.29 is 13.7 Å². The SMILES string of the molecule is CC1(C)OB(c2ccc(F)c(-c3cc(-c4ccccc4)nc(-c4ccccc4)n3)c2)OC1(C)C. The molecule has 0 unspecified atom stereocenters. The summed E-state index contributed by atoms with van der Waals surface area (Å²) in [5, 5.41) is 0. The summed E-state index contributed by atoms with van der Waals surface area (Å²) in [6, 6.07) is 26.3. The monoisotopic (exact) mass is 452 g/mol. The zero-order valence-electron chi connectivity index (χ0n) is 19.7. The van der Waals surface area contributed by atoms with E-state index in [0.717, 1.165) is 22.3 Å². The van der Waals surface area contributed by atoms with Crippen LogP contribution >= 0.6 is 0 Å². The average Bonchev–Trinajstić information content (AvgIpc) is 3.07. The molecular weight excluding hydrogens is 426 g/mol. The fourth-order valence-corrected chi connectivity index (χ4v) is 3.92. The number of nitrogens with zero attached hydrogens (tertiary/aromatic N) is 2. The summed E-state index contributed by atoms with van der Waals surface area (Å²) < 4.78 is 27.6. The van der Waals surface area contributed by atoms with Gasteiger partial charge in [-0.05, 0) is 45.3 Å². The molecule has 0 saturated carbocycles. The molecule has 0 aliphatic carbocycles. The maximum absolute atomic E-state index is 15.2. The van der Waals surface area contributed by atoms with E-state index in [2.05, 4.69) is 0 Å². The Bertz CT molecular complexity index is 1250. The predicted octanol–water partition coefficient (Wildman–Crippen LogP) is 5.92. The second-order valence-corrected chi connectivity index (χ2v) is 9.52. The highest BCUT2D eigenvalue weighted by atomic mass is 19.1. The smallest absolute Gasteiger partial charge is 0.399 e. The van der Waals surface area contributed by atoms with E-state index in [1.165, 1.54) is 6.07 Å². The third-order valence-electron chi connectivity index (χ3n) is 6.62. The van der Waals surface area contributed by atoms with Crippen molar-refractivity contribution in [1.82, 2.24) is 9.97 Å². The standard InChI is InChI=1S/C28H26BFN2O2/c1-27(2)28(3,4)34-29(33-27)21-15-16-23(30)22(17-21)25-18-24(19-11-7-5-8-12-19)31-26(32-25)20-13-9-6-10-14-20/h5-18H,1-4H3. The first-order valence-electron chi connectivity index (χ1n) is 11.4. The Morgan fingerprint density at radius 1 is 0.676 bits per heavy atom. The largest absolute Gasteiger partial charge is 0.494 e. The van der Waals surface area contributed by atoms with Crippen LogP contribution in [0.2, 0.25) is 0 Å². The van der Waals surface area contributed by atoms with Crippen molar-refractivity contribution >= 4 is 12.6 Å². The highest BCUT2D eigenvalue weighted by Gasteiger charge is 2.51. The van der Waals surface area contributed by atoms with Gasteiger partial charge >= 0.3 is 7.12 Å². The van der Waals surface area contributed by atoms with Crippen LogP contribution in [0.4, 0.5) is 4.39 Å². The minimum absolute atomic E-state index is 0.364. The molecule has 5 rings (SSSR count). The molecule has 2 heterocycles. The van der Waals surface area contributed by atoms with Gasteiger partial charge in [-0.1, -0.05) is 72.8 Å². The molecule has 6 heteroatoms. The summed E-state index contributed by atoms with van der Waals surface area (Å²) >= 11 is 0. The third kappa shape index (κ3) is 4.15. The molecule has 0 N–H and O–H groups in total. The second kappa shape index (κ2) is 8.46. The maximum atomic E-state index is 15.2. The Morgan fingerprint density at radius 3 is 1.85 bits per heavy atom. The summed E-state index contributed by atoms with van der Waals surface area (Å²) in [6.07, 6.45) is 0. The van der Waals surface area contributed by atoms with Gasteiger partial charge in [-0.2, -0.15) is 0 Å². The van der Waals surface area contributed by atoms with Gasteiger partial charge in [0.1, 0.15) is 5.82 Å². The van der Waals surface area contributed by atoms with Gasteiger partial charge in [-0.15, -0.1) is 0 Å². The number of hydrogen-bond donors (Lipinski definition) is 0. The molecule has 0 atom stereocenters. The van der Waals surface area contributed by atoms with Crippen molar-refractivity contribution in [2.24, 2.45) is 0 Å². The van der Waals surface area contributed by atoms with Crippen molar-refractivity contribution in [1.29, 1.82) is 0 Å². The Kier molecular flexibility index (Phi) is 5.58. The number of aromatic nitrogens is 2. The molecular formula is C28H26BFN2O2. The van der Waals surface area contributed by atoms with Crippen molar-refractivity contribution in [3.8, 4) is 33.9 Å². The lowest BCUT2D eigenvalue weighted by Gasteiger charge is -2.32. The minimum Gasteiger partial charge on any atom is -0.399 e. The van der Waals surface area contributed by atoms with Crippen molar-refractivity contribution in [2.75, 3.05) is 0 Å². The fraction of sp³-hybridized carbons (Fsp3) is 0.214. The van der Waals surface area contributed by atoms with Crippen LogP contribution in [0.5, 0.6) is 0 Å². The van der Waals surface area contributed by atoms with E-state index in [0.29, 0.717) is 17.1 Å². The van der Waals surface area contributed by atoms with Crippen LogP contribution in [0.15, 0.2) is 84.9 Å². The zero-order valence-corrected chi connectivity index (χ0v) is 19.7. The van der Waals surface area contributed by atoms with Gasteiger partial charge in [0, 0.05) is 16.7 Å². The molecule has 3 aromatic carbocycles. The molecule has 0 spiro atoms. The van der Waals surface area contributed by atoms with Gasteiger partial charge in [0.05, 0.1) is 22.6 Å². The van der Waals surface area contributed by atoms with Gasteiger partial charge in [0.25, 0.3) is 0 Å². The lowest BCUT2D eigenvalue weighted by molar-refractivity contribution is 0.00578. The lowest BCUT2D eigenvalue weighted by atomic mass is 9.78. The zero-order chi connectivity index (χ0) is 23.9. The molecule has 1 aliphatic rings. The Hall–Kier alpha value is -3.35. The molecule has 4 nitrogen and oxygen atoms in total. The van der Waals surface area contributed by atoms with Gasteiger partial charge in [-0.3, -0.25) is 0 Å². The summed E-state index contributed by atoms with van der Waals surface area (Å²) in [5.41, 5.74) is 3.19. The molecule has 170 valence electrons. The molecule has 1 fully saturated rings. The van der Waals surface area contributed by atoms with Crippen LogP contribution in [0.3, 0.4) is 0 Å². The summed E-state index contributed by atoms with van der Waals surface area (Å²) in [4.78, 5) is 9.54. The Balaban J connectivity index is 1.63. The minimum atomic E-state index is -0.589. The molecule has 0 amide bonds. The maximum Gasteiger partial charge on any atom is 0.494 e. The highest BCUT2D eigenvalue weighted by Crippen LogP contribution is 2.37. The summed E-state index contributed by atoms with van der Waals surface area (Å²) in [5.74, 6) is 0.175. The number of rotatable bonds is 4. The van der Waals surface area contributed by atoms with Crippen LogP contribution in [0, 0.1) is 5.82 Å². The van der Waals surface area contributed by atoms with Crippen molar-refractivity contribution in [3.05, 3.63) is 90.7 Å². The quantitative estimate of drug-likeness (QED) is 0.361. The van der Waals surface area contributed by atoms with Crippen LogP contribution in [-0.2, 0) is 9.31 Å². The Labute approximate surface area is 200 Å². The molecule has 1 saturated heterocycles. The van der Waals surface area contributed by atoms with Gasteiger partial charge in [0.2, 0.25) is 0 Å². The second-order valence-electron chi connectivity index (χ2n) is 9.52. The molecule has 34 heavy (non-hydrogen) atoms. The van der Waals surface area contributed by atoms with E-state index in [1.807, 2.05) is 94.4 Å². The highest BCUT2D eigenvalue weighted by molar-refractivity contribution is 6.62. The topological polar surface area (TPSA) is 44.2 Å². The molecule has 0 bridgehead atoms. The van der Waals surface area contributed by atoms with Crippen molar-refractivity contribution in [2.45, 2.75) is 38.9 Å². The van der Waals surface area contributed by atoms with E-state index >= 15 is 4.39 Å². The van der Waals surface area contributed by atoms with E-state index in [-0.39, 0.29) is 5.82 Å². The van der Waals surface area contributed by atoms with Crippen LogP contribution in [0.1, 0.15) is 27.7 Å². The van der Waals surface area contributed by atoms with Crippen LogP contribution < -0.4 is 5.46 Å². The first kappa shape index (κ1) is 22.4. The van der Waals surface area contributed by atoms with E-state index < -0.39 is 18.3 Å². The lowest BCUT2D eigenvalue weighted by Crippen LogP contribution is -2.41. The van der Waals surface area contributed by atoms with Crippen LogP contribution in [-0.4, -0.2) is 28.3 Å². The van der Waals surface area contributed by atoms with Crippen molar-refractivity contribution in [3.63, 3.8) is 0 Å². The number of hydrogen-bond acceptors (Lipinski definition) is 4. The van der Waals surface area contributed by atoms with Crippen LogP contribution in [0.25, 0.3) is 33.9 Å². The van der Waals surface area contributed by atoms with E-state index in [4.69, 9.17) is 19.3 Å². The summed E-state index contributed by atoms with van der Waals surface area (Å²) in [7, 11) is -0.589. The number of halogens is 1. The van der Waals surface area contributed by atoms with Gasteiger partial charge in [0.15, 0.2) is 5.82 Å². The first-order chi connectivity index (χ1) is 16.2. The normalized spacial score (nSPS) is 16.6. The molecule has 4 aromatic rings. The fourth-order valence-electron chi connectivity index (χ4n) is 3.92. The first-order valence-corrected chi connectivity index (χ1v) is 11.4. The molecule has 1 aromatic heterocycles. The molecule has 0 radical (unpaired) electrons.